The van der Waals surface area contributed by atoms with E-state index in [9.17, 15) is 9.59 Å². The number of carbonyl (C=O) groups is 1. The molecule has 1 amide bonds. The summed E-state index contributed by atoms with van der Waals surface area (Å²) in [6.07, 6.45) is 0. The molecule has 30 heavy (non-hydrogen) atoms. The lowest BCUT2D eigenvalue weighted by Crippen LogP contribution is -2.26. The van der Waals surface area contributed by atoms with Gasteiger partial charge in [-0.1, -0.05) is 60.7 Å². The van der Waals surface area contributed by atoms with Crippen molar-refractivity contribution < 1.29 is 9.53 Å². The third-order valence-electron chi connectivity index (χ3n) is 4.99. The number of aromatic nitrogens is 1. The van der Waals surface area contributed by atoms with Crippen LogP contribution < -0.4 is 15.6 Å². The number of nitrogens with one attached hydrogen (secondary N) is 1. The first-order chi connectivity index (χ1) is 14.6. The highest BCUT2D eigenvalue weighted by Crippen LogP contribution is 2.17. The normalized spacial score (nSPS) is 10.7. The first-order valence-corrected chi connectivity index (χ1v) is 9.74. The third-order valence-corrected chi connectivity index (χ3v) is 4.99. The van der Waals surface area contributed by atoms with Crippen LogP contribution in [0.25, 0.3) is 10.9 Å². The minimum atomic E-state index is -0.269. The van der Waals surface area contributed by atoms with Crippen LogP contribution >= 0.6 is 0 Å². The molecule has 5 nitrogen and oxygen atoms in total. The van der Waals surface area contributed by atoms with Crippen molar-refractivity contribution in [1.29, 1.82) is 0 Å². The maximum absolute atomic E-state index is 12.8. The molecule has 0 saturated heterocycles. The summed E-state index contributed by atoms with van der Waals surface area (Å²) in [7, 11) is 1.70. The van der Waals surface area contributed by atoms with Gasteiger partial charge in [0.05, 0.1) is 11.1 Å². The van der Waals surface area contributed by atoms with Crippen LogP contribution in [-0.2, 0) is 20.2 Å². The van der Waals surface area contributed by atoms with Gasteiger partial charge in [0.2, 0.25) is 0 Å². The molecular weight excluding hydrogens is 376 g/mol. The summed E-state index contributed by atoms with van der Waals surface area (Å²) >= 11 is 0. The molecule has 0 aliphatic rings. The molecule has 150 valence electrons. The monoisotopic (exact) mass is 398 g/mol. The number of carbonyl (C=O) groups excluding carboxylic acids is 1. The number of rotatable bonds is 6. The van der Waals surface area contributed by atoms with E-state index in [4.69, 9.17) is 4.74 Å². The smallest absolute Gasteiger partial charge is 0.252 e. The van der Waals surface area contributed by atoms with Crippen LogP contribution in [0.4, 0.5) is 0 Å². The molecule has 1 aromatic heterocycles. The summed E-state index contributed by atoms with van der Waals surface area (Å²) in [5.74, 6) is 0.545. The van der Waals surface area contributed by atoms with Crippen molar-refractivity contribution in [2.45, 2.75) is 13.2 Å². The van der Waals surface area contributed by atoms with Crippen LogP contribution in [-0.4, -0.2) is 10.5 Å². The van der Waals surface area contributed by atoms with E-state index < -0.39 is 0 Å². The largest absolute Gasteiger partial charge is 0.489 e. The van der Waals surface area contributed by atoms with Gasteiger partial charge in [0.25, 0.3) is 11.5 Å². The molecule has 4 rings (SSSR count). The van der Waals surface area contributed by atoms with E-state index in [1.807, 2.05) is 78.9 Å². The van der Waals surface area contributed by atoms with Gasteiger partial charge in [-0.2, -0.15) is 0 Å². The summed E-state index contributed by atoms with van der Waals surface area (Å²) in [5.41, 5.74) is 2.89. The Labute approximate surface area is 174 Å². The van der Waals surface area contributed by atoms with Crippen LogP contribution in [0, 0.1) is 0 Å². The van der Waals surface area contributed by atoms with Crippen LogP contribution in [0.5, 0.6) is 5.75 Å². The zero-order valence-electron chi connectivity index (χ0n) is 16.7. The summed E-state index contributed by atoms with van der Waals surface area (Å²) in [6.45, 7) is 0.812. The molecule has 1 N–H and O–H groups in total. The predicted octanol–water partition coefficient (Wildman–Crippen LogP) is 4.05. The van der Waals surface area contributed by atoms with Gasteiger partial charge in [0, 0.05) is 25.0 Å². The van der Waals surface area contributed by atoms with Crippen LogP contribution in [0.3, 0.4) is 0 Å². The van der Waals surface area contributed by atoms with Gasteiger partial charge in [-0.25, -0.2) is 0 Å². The molecule has 0 spiro atoms. The van der Waals surface area contributed by atoms with E-state index in [0.717, 1.165) is 27.8 Å². The van der Waals surface area contributed by atoms with Crippen molar-refractivity contribution in [3.63, 3.8) is 0 Å². The van der Waals surface area contributed by atoms with Crippen LogP contribution in [0.2, 0.25) is 0 Å². The first kappa shape index (κ1) is 19.5. The number of amides is 1. The van der Waals surface area contributed by atoms with Gasteiger partial charge in [-0.3, -0.25) is 9.59 Å². The number of hydrogen-bond acceptors (Lipinski definition) is 3. The lowest BCUT2D eigenvalue weighted by molar-refractivity contribution is 0.0952. The van der Waals surface area contributed by atoms with Crippen molar-refractivity contribution in [3.05, 3.63) is 112 Å². The van der Waals surface area contributed by atoms with E-state index in [1.54, 1.807) is 11.6 Å². The Kier molecular flexibility index (Phi) is 5.61. The van der Waals surface area contributed by atoms with Crippen molar-refractivity contribution in [1.82, 2.24) is 9.88 Å². The van der Waals surface area contributed by atoms with Crippen molar-refractivity contribution >= 4 is 16.8 Å². The Hall–Kier alpha value is -3.86. The van der Waals surface area contributed by atoms with Gasteiger partial charge in [0.1, 0.15) is 12.4 Å². The van der Waals surface area contributed by atoms with Crippen molar-refractivity contribution in [2.75, 3.05) is 0 Å². The summed E-state index contributed by atoms with van der Waals surface area (Å²) in [5, 5.41) is 3.68. The standard InChI is InChI=1S/C25H22N2O3/c1-27-23-13-6-5-12-21(23)22(15-24(27)28)25(29)26-16-18-8-7-9-19(14-18)17-30-20-10-3-2-4-11-20/h2-15H,16-17H2,1H3,(H,26,29). The van der Waals surface area contributed by atoms with Gasteiger partial charge in [-0.15, -0.1) is 0 Å². The second kappa shape index (κ2) is 8.66. The zero-order chi connectivity index (χ0) is 20.9. The quantitative estimate of drug-likeness (QED) is 0.533. The molecule has 0 atom stereocenters. The molecule has 4 aromatic rings. The predicted molar refractivity (Wildman–Crippen MR) is 118 cm³/mol. The minimum Gasteiger partial charge on any atom is -0.489 e. The zero-order valence-corrected chi connectivity index (χ0v) is 16.7. The maximum atomic E-state index is 12.8. The summed E-state index contributed by atoms with van der Waals surface area (Å²) < 4.78 is 7.33. The number of nitrogens with zero attached hydrogens (tertiary/aromatic N) is 1. The van der Waals surface area contributed by atoms with Gasteiger partial charge < -0.3 is 14.6 Å². The molecule has 5 heteroatoms. The Morgan fingerprint density at radius 1 is 0.900 bits per heavy atom. The fraction of sp³-hybridized carbons (Fsp3) is 0.120. The molecule has 0 unspecified atom stereocenters. The second-order valence-corrected chi connectivity index (χ2v) is 7.08. The lowest BCUT2D eigenvalue weighted by Gasteiger charge is -2.11. The van der Waals surface area contributed by atoms with Gasteiger partial charge >= 0.3 is 0 Å². The number of fused-ring (bicyclic) bond motifs is 1. The highest BCUT2D eigenvalue weighted by molar-refractivity contribution is 6.06. The van der Waals surface area contributed by atoms with Gasteiger partial charge in [0.15, 0.2) is 0 Å². The molecule has 1 heterocycles. The fourth-order valence-electron chi connectivity index (χ4n) is 3.39. The van der Waals surface area contributed by atoms with E-state index >= 15 is 0 Å². The number of para-hydroxylation sites is 2. The van der Waals surface area contributed by atoms with Crippen LogP contribution in [0.1, 0.15) is 21.5 Å². The molecule has 0 saturated carbocycles. The Balaban J connectivity index is 1.46. The molecule has 0 fully saturated rings. The fourth-order valence-corrected chi connectivity index (χ4v) is 3.39. The van der Waals surface area contributed by atoms with Crippen LogP contribution in [0.15, 0.2) is 89.7 Å². The maximum Gasteiger partial charge on any atom is 0.252 e. The second-order valence-electron chi connectivity index (χ2n) is 7.08. The molecule has 0 bridgehead atoms. The van der Waals surface area contributed by atoms with Crippen molar-refractivity contribution in [3.8, 4) is 5.75 Å². The highest BCUT2D eigenvalue weighted by atomic mass is 16.5. The SMILES string of the molecule is Cn1c(=O)cc(C(=O)NCc2cccc(COc3ccccc3)c2)c2ccccc21. The Morgan fingerprint density at radius 2 is 1.63 bits per heavy atom. The lowest BCUT2D eigenvalue weighted by atomic mass is 10.1. The highest BCUT2D eigenvalue weighted by Gasteiger charge is 2.13. The Morgan fingerprint density at radius 3 is 2.47 bits per heavy atom. The van der Waals surface area contributed by atoms with E-state index in [2.05, 4.69) is 5.32 Å². The molecule has 0 aliphatic heterocycles. The molecule has 0 aliphatic carbocycles. The molecule has 0 radical (unpaired) electrons. The molecule has 3 aromatic carbocycles. The topological polar surface area (TPSA) is 60.3 Å². The summed E-state index contributed by atoms with van der Waals surface area (Å²) in [6, 6.07) is 26.3. The number of aryl methyl sites for hydroxylation is 1. The Bertz CT molecular complexity index is 1250. The number of benzene rings is 3. The third kappa shape index (κ3) is 4.25. The summed E-state index contributed by atoms with van der Waals surface area (Å²) in [4.78, 5) is 25.0. The van der Waals surface area contributed by atoms with E-state index in [0.29, 0.717) is 18.7 Å². The molecular formula is C25H22N2O3. The van der Waals surface area contributed by atoms with Gasteiger partial charge in [-0.05, 0) is 29.3 Å². The average molecular weight is 398 g/mol. The van der Waals surface area contributed by atoms with E-state index in [1.165, 1.54) is 6.07 Å². The minimum absolute atomic E-state index is 0.209. The number of hydrogen-bond donors (Lipinski definition) is 1. The first-order valence-electron chi connectivity index (χ1n) is 9.74. The van der Waals surface area contributed by atoms with Crippen molar-refractivity contribution in [2.24, 2.45) is 7.05 Å². The number of pyridine rings is 1. The number of ether oxygens (including phenoxy) is 1. The van der Waals surface area contributed by atoms with E-state index in [-0.39, 0.29) is 11.5 Å². The average Bonchev–Trinajstić information content (AvgIpc) is 2.79.